The number of rotatable bonds is 1. The molecular weight excluding hydrogens is 363 g/mol. The number of H-pyrrole nitrogens is 1. The van der Waals surface area contributed by atoms with Gasteiger partial charge in [-0.05, 0) is 64.9 Å². The second-order valence-corrected chi connectivity index (χ2v) is 6.13. The van der Waals surface area contributed by atoms with Crippen molar-refractivity contribution in [3.8, 4) is 5.69 Å². The number of fused-ring (bicyclic) bond motifs is 1. The predicted octanol–water partition coefficient (Wildman–Crippen LogP) is 5.55. The largest absolute Gasteiger partial charge is 0.330 e. The van der Waals surface area contributed by atoms with Crippen molar-refractivity contribution in [1.82, 2.24) is 9.55 Å². The average Bonchev–Trinajstić information content (AvgIpc) is 2.69. The van der Waals surface area contributed by atoms with E-state index >= 15 is 0 Å². The molecule has 20 heavy (non-hydrogen) atoms. The van der Waals surface area contributed by atoms with Crippen molar-refractivity contribution in [2.75, 3.05) is 0 Å². The summed E-state index contributed by atoms with van der Waals surface area (Å²) in [5.41, 5.74) is 3.19. The van der Waals surface area contributed by atoms with Crippen LogP contribution in [0, 0.1) is 17.5 Å². The minimum atomic E-state index is -0.311. The summed E-state index contributed by atoms with van der Waals surface area (Å²) in [5.74, 6) is -0.311. The number of hydrogen-bond acceptors (Lipinski definition) is 1. The lowest BCUT2D eigenvalue weighted by Gasteiger charge is -2.10. The summed E-state index contributed by atoms with van der Waals surface area (Å²) in [6.07, 6.45) is 0. The Bertz CT molecular complexity index is 885. The van der Waals surface area contributed by atoms with Crippen LogP contribution in [0.1, 0.15) is 5.56 Å². The third kappa shape index (κ3) is 2.20. The molecule has 0 aliphatic carbocycles. The fraction of sp³-hybridized carbons (Fsp3) is 0.0714. The summed E-state index contributed by atoms with van der Waals surface area (Å²) in [4.78, 5) is 3.06. The van der Waals surface area contributed by atoms with Gasteiger partial charge in [0, 0.05) is 15.6 Å². The van der Waals surface area contributed by atoms with Crippen molar-refractivity contribution in [2.24, 2.45) is 0 Å². The second-order valence-electron chi connectivity index (χ2n) is 4.48. The number of hydrogen-bond donors (Lipinski definition) is 1. The molecule has 0 spiro atoms. The van der Waals surface area contributed by atoms with Gasteiger partial charge in [0.05, 0.1) is 16.7 Å². The smallest absolute Gasteiger partial charge is 0.182 e. The first-order valence-corrected chi connectivity index (χ1v) is 7.41. The lowest BCUT2D eigenvalue weighted by molar-refractivity contribution is 0.629. The molecule has 0 amide bonds. The zero-order valence-electron chi connectivity index (χ0n) is 10.4. The Morgan fingerprint density at radius 1 is 1.30 bits per heavy atom. The molecule has 1 aromatic heterocycles. The first-order valence-electron chi connectivity index (χ1n) is 5.83. The molecule has 0 aliphatic heterocycles. The summed E-state index contributed by atoms with van der Waals surface area (Å²) < 4.78 is 16.6. The Hall–Kier alpha value is -1.17. The molecule has 0 aliphatic rings. The molecular formula is C14H9BrClFN2S. The minimum absolute atomic E-state index is 0.311. The van der Waals surface area contributed by atoms with Crippen LogP contribution in [0.4, 0.5) is 4.39 Å². The van der Waals surface area contributed by atoms with Crippen molar-refractivity contribution >= 4 is 50.8 Å². The maximum atomic E-state index is 13.5. The Balaban J connectivity index is 2.40. The summed E-state index contributed by atoms with van der Waals surface area (Å²) in [7, 11) is 0. The van der Waals surface area contributed by atoms with Gasteiger partial charge < -0.3 is 4.98 Å². The van der Waals surface area contributed by atoms with E-state index in [1.165, 1.54) is 12.1 Å². The van der Waals surface area contributed by atoms with Crippen LogP contribution >= 0.6 is 39.7 Å². The molecule has 0 bridgehead atoms. The van der Waals surface area contributed by atoms with E-state index in [4.69, 9.17) is 23.8 Å². The highest BCUT2D eigenvalue weighted by Crippen LogP contribution is 2.30. The van der Waals surface area contributed by atoms with Crippen LogP contribution < -0.4 is 0 Å². The van der Waals surface area contributed by atoms with E-state index in [0.717, 1.165) is 21.2 Å². The highest BCUT2D eigenvalue weighted by Gasteiger charge is 2.12. The van der Waals surface area contributed by atoms with E-state index in [1.807, 2.05) is 19.1 Å². The van der Waals surface area contributed by atoms with Gasteiger partial charge in [-0.2, -0.15) is 0 Å². The van der Waals surface area contributed by atoms with Crippen molar-refractivity contribution in [3.05, 3.63) is 56.0 Å². The van der Waals surface area contributed by atoms with Crippen LogP contribution in [0.15, 0.2) is 34.8 Å². The van der Waals surface area contributed by atoms with Crippen molar-refractivity contribution in [3.63, 3.8) is 0 Å². The molecule has 1 N–H and O–H groups in total. The quantitative estimate of drug-likeness (QED) is 0.556. The highest BCUT2D eigenvalue weighted by molar-refractivity contribution is 9.10. The van der Waals surface area contributed by atoms with Crippen LogP contribution in [0.5, 0.6) is 0 Å². The van der Waals surface area contributed by atoms with Crippen molar-refractivity contribution in [2.45, 2.75) is 6.92 Å². The lowest BCUT2D eigenvalue weighted by Crippen LogP contribution is -1.96. The van der Waals surface area contributed by atoms with Gasteiger partial charge in [0.1, 0.15) is 5.82 Å². The van der Waals surface area contributed by atoms with Crippen LogP contribution in [0.3, 0.4) is 0 Å². The monoisotopic (exact) mass is 370 g/mol. The van der Waals surface area contributed by atoms with Crippen LogP contribution in [-0.4, -0.2) is 9.55 Å². The molecule has 0 radical (unpaired) electrons. The molecule has 0 unspecified atom stereocenters. The van der Waals surface area contributed by atoms with Crippen molar-refractivity contribution in [1.29, 1.82) is 0 Å². The van der Waals surface area contributed by atoms with Gasteiger partial charge in [-0.3, -0.25) is 4.57 Å². The fourth-order valence-electron chi connectivity index (χ4n) is 2.12. The Labute approximate surface area is 133 Å². The molecule has 0 fully saturated rings. The number of aromatic amines is 1. The Morgan fingerprint density at radius 3 is 2.80 bits per heavy atom. The van der Waals surface area contributed by atoms with Gasteiger partial charge in [-0.25, -0.2) is 4.39 Å². The second kappa shape index (κ2) is 4.98. The zero-order chi connectivity index (χ0) is 14.4. The third-order valence-electron chi connectivity index (χ3n) is 3.11. The van der Waals surface area contributed by atoms with E-state index in [1.54, 1.807) is 10.6 Å². The fourth-order valence-corrected chi connectivity index (χ4v) is 3.22. The number of nitrogens with zero attached hydrogens (tertiary/aromatic N) is 1. The van der Waals surface area contributed by atoms with Gasteiger partial charge >= 0.3 is 0 Å². The molecule has 3 rings (SSSR count). The van der Waals surface area contributed by atoms with Crippen molar-refractivity contribution < 1.29 is 4.39 Å². The van der Waals surface area contributed by atoms with Gasteiger partial charge in [-0.1, -0.05) is 11.6 Å². The van der Waals surface area contributed by atoms with E-state index in [-0.39, 0.29) is 5.82 Å². The van der Waals surface area contributed by atoms with Gasteiger partial charge in [0.15, 0.2) is 4.77 Å². The molecule has 1 heterocycles. The first kappa shape index (κ1) is 13.8. The minimum Gasteiger partial charge on any atom is -0.330 e. The molecule has 3 aromatic rings. The SMILES string of the molecule is Cc1cc(Br)c(-n2c(=S)[nH]c3ccc(F)cc32)cc1Cl. The summed E-state index contributed by atoms with van der Waals surface area (Å²) >= 11 is 15.0. The number of aryl methyl sites for hydroxylation is 1. The summed E-state index contributed by atoms with van der Waals surface area (Å²) in [6, 6.07) is 8.24. The average molecular weight is 372 g/mol. The maximum absolute atomic E-state index is 13.5. The zero-order valence-corrected chi connectivity index (χ0v) is 13.5. The number of aromatic nitrogens is 2. The molecule has 0 atom stereocenters. The Morgan fingerprint density at radius 2 is 2.05 bits per heavy atom. The van der Waals surface area contributed by atoms with E-state index in [2.05, 4.69) is 20.9 Å². The number of halogens is 3. The normalized spacial score (nSPS) is 11.2. The highest BCUT2D eigenvalue weighted by atomic mass is 79.9. The number of benzene rings is 2. The molecule has 0 saturated carbocycles. The van der Waals surface area contributed by atoms with E-state index in [0.29, 0.717) is 15.3 Å². The number of imidazole rings is 1. The van der Waals surface area contributed by atoms with Crippen LogP contribution in [0.2, 0.25) is 5.02 Å². The third-order valence-corrected chi connectivity index (χ3v) is 4.44. The van der Waals surface area contributed by atoms with E-state index in [9.17, 15) is 4.39 Å². The van der Waals surface area contributed by atoms with Gasteiger partial charge in [0.2, 0.25) is 0 Å². The molecule has 2 aromatic carbocycles. The van der Waals surface area contributed by atoms with Gasteiger partial charge in [0.25, 0.3) is 0 Å². The molecule has 2 nitrogen and oxygen atoms in total. The van der Waals surface area contributed by atoms with E-state index < -0.39 is 0 Å². The predicted molar refractivity (Wildman–Crippen MR) is 85.9 cm³/mol. The van der Waals surface area contributed by atoms with Crippen LogP contribution in [-0.2, 0) is 0 Å². The topological polar surface area (TPSA) is 20.7 Å². The van der Waals surface area contributed by atoms with Gasteiger partial charge in [-0.15, -0.1) is 0 Å². The maximum Gasteiger partial charge on any atom is 0.182 e. The summed E-state index contributed by atoms with van der Waals surface area (Å²) in [6.45, 7) is 1.92. The molecule has 6 heteroatoms. The summed E-state index contributed by atoms with van der Waals surface area (Å²) in [5, 5.41) is 0.635. The molecule has 0 saturated heterocycles. The lowest BCUT2D eigenvalue weighted by atomic mass is 10.2. The molecule has 102 valence electrons. The van der Waals surface area contributed by atoms with Crippen LogP contribution in [0.25, 0.3) is 16.7 Å². The number of nitrogens with one attached hydrogen (secondary N) is 1. The first-order chi connectivity index (χ1) is 9.47. The standard InChI is InChI=1S/C14H9BrClFN2S/c1-7-4-9(15)12(6-10(7)16)19-13-5-8(17)2-3-11(13)18-14(19)20/h2-6H,1H3,(H,18,20). The Kier molecular flexibility index (Phi) is 3.44.